The van der Waals surface area contributed by atoms with Gasteiger partial charge in [-0.05, 0) is 113 Å². The van der Waals surface area contributed by atoms with Gasteiger partial charge in [0.2, 0.25) is 25.2 Å². The minimum atomic E-state index is -2.09. The molecule has 33 heavy (non-hydrogen) atoms. The third-order valence-electron chi connectivity index (χ3n) is 7.06. The fourth-order valence-electron chi connectivity index (χ4n) is 6.51. The summed E-state index contributed by atoms with van der Waals surface area (Å²) < 4.78 is 8.70. The first-order chi connectivity index (χ1) is 15.4. The number of rotatable bonds is 3. The second kappa shape index (κ2) is 8.18. The molecule has 3 nitrogen and oxygen atoms in total. The van der Waals surface area contributed by atoms with Gasteiger partial charge in [0.1, 0.15) is 0 Å². The third kappa shape index (κ3) is 3.98. The summed E-state index contributed by atoms with van der Waals surface area (Å²) in [6.45, 7) is 22.0. The van der Waals surface area contributed by atoms with Gasteiger partial charge in [0.25, 0.3) is 0 Å². The summed E-state index contributed by atoms with van der Waals surface area (Å²) in [6, 6.07) is 27.5. The van der Waals surface area contributed by atoms with E-state index in [1.807, 2.05) is 0 Å². The van der Waals surface area contributed by atoms with E-state index in [4.69, 9.17) is 0 Å². The molecule has 0 amide bonds. The highest BCUT2D eigenvalue weighted by molar-refractivity contribution is 7.20. The molecule has 0 bridgehead atoms. The lowest BCUT2D eigenvalue weighted by molar-refractivity contribution is 1.15. The zero-order valence-corrected chi connectivity index (χ0v) is 24.8. The van der Waals surface area contributed by atoms with E-state index < -0.39 is 25.2 Å². The summed E-state index contributed by atoms with van der Waals surface area (Å²) in [5.41, 5.74) is 8.12. The molecule has 4 rings (SSSR count). The largest absolute Gasteiger partial charge is 0.393 e. The molecule has 0 aromatic heterocycles. The zero-order valence-electron chi connectivity index (χ0n) is 21.8. The lowest BCUT2D eigenvalue weighted by atomic mass is 10.2. The van der Waals surface area contributed by atoms with Gasteiger partial charge in [0.15, 0.2) is 0 Å². The van der Waals surface area contributed by atoms with E-state index in [0.717, 1.165) is 0 Å². The minimum Gasteiger partial charge on any atom is -0.393 e. The van der Waals surface area contributed by atoms with Crippen LogP contribution in [0.2, 0.25) is 39.3 Å². The molecule has 3 aromatic carbocycles. The van der Waals surface area contributed by atoms with E-state index in [1.54, 1.807) is 0 Å². The van der Waals surface area contributed by atoms with Crippen LogP contribution in [-0.2, 0) is 0 Å². The normalized spacial score (nSPS) is 19.0. The molecule has 0 unspecified atom stereocenters. The predicted octanol–water partition coefficient (Wildman–Crippen LogP) is 7.55. The molecule has 0 N–H and O–H groups in total. The monoisotopic (exact) mass is 489 g/mol. The molecule has 0 spiro atoms. The second-order valence-electron chi connectivity index (χ2n) is 11.0. The number of hydrogen-bond acceptors (Lipinski definition) is 3. The van der Waals surface area contributed by atoms with Crippen molar-refractivity contribution in [1.29, 1.82) is 0 Å². The molecular formula is C27H39N3Si3. The highest BCUT2D eigenvalue weighted by atomic mass is 28.5. The van der Waals surface area contributed by atoms with Gasteiger partial charge in [-0.3, -0.25) is 0 Å². The van der Waals surface area contributed by atoms with Crippen molar-refractivity contribution in [2.45, 2.75) is 60.1 Å². The van der Waals surface area contributed by atoms with E-state index in [-0.39, 0.29) is 0 Å². The standard InChI is InChI=1S/C27H39N3Si3/c1-22-13-10-16-25(19-22)28-31(4,5)29(26-17-11-14-23(2)20-26)33(8,9)30(32(28,6)7)27-18-12-15-24(3)21-27/h10-21H,1-9H3. The minimum absolute atomic E-state index is 1.33. The third-order valence-corrected chi connectivity index (χ3v) is 25.0. The fourth-order valence-corrected chi connectivity index (χ4v) is 30.5. The Morgan fingerprint density at radius 1 is 0.424 bits per heavy atom. The number of benzene rings is 3. The molecular weight excluding hydrogens is 451 g/mol. The molecule has 1 fully saturated rings. The van der Waals surface area contributed by atoms with Crippen molar-refractivity contribution in [2.75, 3.05) is 12.7 Å². The Labute approximate surface area is 204 Å². The highest BCUT2D eigenvalue weighted by Crippen LogP contribution is 2.46. The van der Waals surface area contributed by atoms with Crippen LogP contribution >= 0.6 is 0 Å². The van der Waals surface area contributed by atoms with E-state index >= 15 is 0 Å². The van der Waals surface area contributed by atoms with Crippen LogP contribution in [-0.4, -0.2) is 25.2 Å². The maximum atomic E-state index is 2.90. The summed E-state index contributed by atoms with van der Waals surface area (Å²) >= 11 is 0. The van der Waals surface area contributed by atoms with Crippen LogP contribution in [0.5, 0.6) is 0 Å². The van der Waals surface area contributed by atoms with Crippen LogP contribution in [0.1, 0.15) is 16.7 Å². The number of nitrogens with zero attached hydrogens (tertiary/aromatic N) is 3. The van der Waals surface area contributed by atoms with Crippen molar-refractivity contribution in [2.24, 2.45) is 0 Å². The summed E-state index contributed by atoms with van der Waals surface area (Å²) in [7, 11) is -6.26. The molecule has 3 aromatic rings. The number of aryl methyl sites for hydroxylation is 3. The lowest BCUT2D eigenvalue weighted by Gasteiger charge is -2.69. The van der Waals surface area contributed by atoms with Crippen LogP contribution in [0.4, 0.5) is 17.1 Å². The number of anilines is 3. The fraction of sp³-hybridized carbons (Fsp3) is 0.333. The van der Waals surface area contributed by atoms with Crippen molar-refractivity contribution in [3.05, 3.63) is 89.5 Å². The molecule has 1 aliphatic heterocycles. The van der Waals surface area contributed by atoms with Gasteiger partial charge >= 0.3 is 0 Å². The van der Waals surface area contributed by atoms with Crippen LogP contribution < -0.4 is 12.7 Å². The van der Waals surface area contributed by atoms with Gasteiger partial charge in [0.05, 0.1) is 0 Å². The van der Waals surface area contributed by atoms with Crippen molar-refractivity contribution in [3.8, 4) is 0 Å². The Kier molecular flexibility index (Phi) is 5.91. The van der Waals surface area contributed by atoms with E-state index in [1.165, 1.54) is 33.8 Å². The first-order valence-electron chi connectivity index (χ1n) is 12.0. The van der Waals surface area contributed by atoms with Gasteiger partial charge in [0, 0.05) is 17.1 Å². The van der Waals surface area contributed by atoms with Crippen molar-refractivity contribution in [3.63, 3.8) is 0 Å². The smallest absolute Gasteiger partial charge is 0.244 e. The van der Waals surface area contributed by atoms with Gasteiger partial charge in [-0.15, -0.1) is 0 Å². The second-order valence-corrected chi connectivity index (χ2v) is 24.0. The zero-order chi connectivity index (χ0) is 24.2. The average molecular weight is 490 g/mol. The maximum absolute atomic E-state index is 2.90. The summed E-state index contributed by atoms with van der Waals surface area (Å²) in [5, 5.41) is 0. The van der Waals surface area contributed by atoms with Gasteiger partial charge in [-0.25, -0.2) is 0 Å². The summed E-state index contributed by atoms with van der Waals surface area (Å²) in [6.07, 6.45) is 0. The maximum Gasteiger partial charge on any atom is 0.244 e. The first-order valence-corrected chi connectivity index (χ1v) is 20.7. The van der Waals surface area contributed by atoms with Gasteiger partial charge < -0.3 is 12.7 Å². The van der Waals surface area contributed by atoms with E-state index in [2.05, 4.69) is 146 Å². The Bertz CT molecular complexity index is 1010. The van der Waals surface area contributed by atoms with E-state index in [0.29, 0.717) is 0 Å². The van der Waals surface area contributed by atoms with E-state index in [9.17, 15) is 0 Å². The summed E-state index contributed by atoms with van der Waals surface area (Å²) in [5.74, 6) is 0. The molecule has 0 radical (unpaired) electrons. The molecule has 0 saturated carbocycles. The average Bonchev–Trinajstić information content (AvgIpc) is 2.66. The number of hydrogen-bond donors (Lipinski definition) is 0. The van der Waals surface area contributed by atoms with Crippen LogP contribution in [0.3, 0.4) is 0 Å². The molecule has 1 heterocycles. The van der Waals surface area contributed by atoms with Crippen LogP contribution in [0.15, 0.2) is 72.8 Å². The molecule has 1 aliphatic rings. The molecule has 1 saturated heterocycles. The van der Waals surface area contributed by atoms with Crippen molar-refractivity contribution >= 4 is 42.3 Å². The quantitative estimate of drug-likeness (QED) is 0.352. The topological polar surface area (TPSA) is 9.72 Å². The summed E-state index contributed by atoms with van der Waals surface area (Å²) in [4.78, 5) is 0. The van der Waals surface area contributed by atoms with Gasteiger partial charge in [-0.2, -0.15) is 0 Å². The van der Waals surface area contributed by atoms with Crippen LogP contribution in [0.25, 0.3) is 0 Å². The van der Waals surface area contributed by atoms with Crippen molar-refractivity contribution < 1.29 is 0 Å². The Balaban J connectivity index is 2.03. The van der Waals surface area contributed by atoms with Crippen molar-refractivity contribution in [1.82, 2.24) is 0 Å². The predicted molar refractivity (Wildman–Crippen MR) is 153 cm³/mol. The highest BCUT2D eigenvalue weighted by Gasteiger charge is 2.62. The van der Waals surface area contributed by atoms with Crippen LogP contribution in [0, 0.1) is 20.8 Å². The SMILES string of the molecule is Cc1cccc(N2[Si](C)(C)N(c3cccc(C)c3)[Si](C)(C)N(c3cccc(C)c3)[Si]2(C)C)c1. The molecule has 0 aliphatic carbocycles. The molecule has 174 valence electrons. The Morgan fingerprint density at radius 2 is 0.667 bits per heavy atom. The first kappa shape index (κ1) is 23.9. The molecule has 0 atom stereocenters. The Hall–Kier alpha value is -2.29. The molecule has 6 heteroatoms. The Morgan fingerprint density at radius 3 is 0.879 bits per heavy atom. The lowest BCUT2D eigenvalue weighted by Crippen LogP contribution is -2.91. The van der Waals surface area contributed by atoms with Gasteiger partial charge in [-0.1, -0.05) is 36.4 Å².